The molecule has 0 bridgehead atoms. The summed E-state index contributed by atoms with van der Waals surface area (Å²) in [6.07, 6.45) is 3.67. The van der Waals surface area contributed by atoms with E-state index in [4.69, 9.17) is 5.11 Å². The van der Waals surface area contributed by atoms with Crippen LogP contribution in [0.1, 0.15) is 24.1 Å². The van der Waals surface area contributed by atoms with Gasteiger partial charge in [-0.1, -0.05) is 30.3 Å². The molecular weight excluding hydrogens is 268 g/mol. The van der Waals surface area contributed by atoms with E-state index in [1.807, 2.05) is 48.1 Å². The normalized spacial score (nSPS) is 11.9. The molecule has 0 aliphatic heterocycles. The summed E-state index contributed by atoms with van der Waals surface area (Å²) in [6.45, 7) is 2.76. The maximum absolute atomic E-state index is 11.5. The van der Waals surface area contributed by atoms with Gasteiger partial charge in [-0.3, -0.25) is 4.68 Å². The van der Waals surface area contributed by atoms with Crippen molar-refractivity contribution in [3.63, 3.8) is 0 Å². The molecule has 2 amide bonds. The van der Waals surface area contributed by atoms with Gasteiger partial charge >= 0.3 is 6.03 Å². The molecule has 1 aromatic heterocycles. The van der Waals surface area contributed by atoms with Gasteiger partial charge in [-0.15, -0.1) is 0 Å². The summed E-state index contributed by atoms with van der Waals surface area (Å²) in [6, 6.07) is 9.62. The first-order valence-corrected chi connectivity index (χ1v) is 6.90. The average molecular weight is 288 g/mol. The maximum Gasteiger partial charge on any atom is 0.315 e. The van der Waals surface area contributed by atoms with E-state index < -0.39 is 0 Å². The summed E-state index contributed by atoms with van der Waals surface area (Å²) in [5, 5.41) is 18.3. The van der Waals surface area contributed by atoms with E-state index in [2.05, 4.69) is 15.7 Å². The molecule has 6 nitrogen and oxygen atoms in total. The van der Waals surface area contributed by atoms with Gasteiger partial charge in [0.25, 0.3) is 0 Å². The highest BCUT2D eigenvalue weighted by Crippen LogP contribution is 2.11. The highest BCUT2D eigenvalue weighted by Gasteiger charge is 2.11. The highest BCUT2D eigenvalue weighted by atomic mass is 16.3. The summed E-state index contributed by atoms with van der Waals surface area (Å²) < 4.78 is 1.84. The zero-order valence-electron chi connectivity index (χ0n) is 12.0. The number of hydrogen-bond donors (Lipinski definition) is 3. The number of benzene rings is 1. The second-order valence-corrected chi connectivity index (χ2v) is 4.80. The number of nitrogens with zero attached hydrogens (tertiary/aromatic N) is 2. The van der Waals surface area contributed by atoms with Crippen molar-refractivity contribution in [1.29, 1.82) is 0 Å². The Balaban J connectivity index is 1.91. The fraction of sp³-hybridized carbons (Fsp3) is 0.333. The molecule has 1 heterocycles. The van der Waals surface area contributed by atoms with Crippen molar-refractivity contribution in [2.24, 2.45) is 0 Å². The summed E-state index contributed by atoms with van der Waals surface area (Å²) in [7, 11) is 0. The molecule has 0 saturated heterocycles. The summed E-state index contributed by atoms with van der Waals surface area (Å²) in [5.74, 6) is 0. The molecule has 0 radical (unpaired) electrons. The van der Waals surface area contributed by atoms with Crippen LogP contribution in [0.15, 0.2) is 42.7 Å². The van der Waals surface area contributed by atoms with Crippen molar-refractivity contribution in [3.8, 4) is 0 Å². The van der Waals surface area contributed by atoms with Crippen molar-refractivity contribution in [2.45, 2.75) is 19.5 Å². The van der Waals surface area contributed by atoms with Gasteiger partial charge in [-0.05, 0) is 12.5 Å². The summed E-state index contributed by atoms with van der Waals surface area (Å²) in [4.78, 5) is 11.5. The maximum atomic E-state index is 11.5. The quantitative estimate of drug-likeness (QED) is 0.749. The van der Waals surface area contributed by atoms with E-state index in [9.17, 15) is 4.79 Å². The third-order valence-electron chi connectivity index (χ3n) is 3.09. The predicted molar refractivity (Wildman–Crippen MR) is 79.8 cm³/mol. The largest absolute Gasteiger partial charge is 0.395 e. The van der Waals surface area contributed by atoms with Crippen LogP contribution in [0, 0.1) is 0 Å². The number of hydrogen-bond acceptors (Lipinski definition) is 3. The Bertz CT molecular complexity index is 568. The molecule has 0 fully saturated rings. The molecule has 3 N–H and O–H groups in total. The SMILES string of the molecule is CC(NC(=O)NCCO)c1cnn(Cc2ccccc2)c1. The minimum absolute atomic E-state index is 0.0726. The van der Waals surface area contributed by atoms with Crippen molar-refractivity contribution >= 4 is 6.03 Å². The molecule has 0 spiro atoms. The zero-order chi connectivity index (χ0) is 15.1. The van der Waals surface area contributed by atoms with Gasteiger partial charge in [-0.2, -0.15) is 5.10 Å². The first kappa shape index (κ1) is 15.1. The minimum Gasteiger partial charge on any atom is -0.395 e. The van der Waals surface area contributed by atoms with E-state index in [1.54, 1.807) is 6.20 Å². The van der Waals surface area contributed by atoms with Crippen molar-refractivity contribution in [2.75, 3.05) is 13.2 Å². The summed E-state index contributed by atoms with van der Waals surface area (Å²) >= 11 is 0. The van der Waals surface area contributed by atoms with Crippen LogP contribution in [-0.2, 0) is 6.54 Å². The Morgan fingerprint density at radius 3 is 2.86 bits per heavy atom. The average Bonchev–Trinajstić information content (AvgIpc) is 2.95. The molecule has 112 valence electrons. The molecular formula is C15H20N4O2. The number of aliphatic hydroxyl groups excluding tert-OH is 1. The van der Waals surface area contributed by atoms with Crippen molar-refractivity contribution in [3.05, 3.63) is 53.9 Å². The van der Waals surface area contributed by atoms with Crippen molar-refractivity contribution < 1.29 is 9.90 Å². The fourth-order valence-corrected chi connectivity index (χ4v) is 1.96. The first-order chi connectivity index (χ1) is 10.2. The van der Waals surface area contributed by atoms with E-state index in [1.165, 1.54) is 5.56 Å². The van der Waals surface area contributed by atoms with Gasteiger partial charge in [0.2, 0.25) is 0 Å². The number of carbonyl (C=O) groups is 1. The molecule has 2 rings (SSSR count). The lowest BCUT2D eigenvalue weighted by Crippen LogP contribution is -2.38. The van der Waals surface area contributed by atoms with Crippen LogP contribution in [0.25, 0.3) is 0 Å². The Morgan fingerprint density at radius 2 is 2.14 bits per heavy atom. The molecule has 1 atom stereocenters. The molecule has 0 aliphatic rings. The van der Waals surface area contributed by atoms with E-state index in [0.29, 0.717) is 6.54 Å². The lowest BCUT2D eigenvalue weighted by atomic mass is 10.2. The number of aromatic nitrogens is 2. The zero-order valence-corrected chi connectivity index (χ0v) is 12.0. The lowest BCUT2D eigenvalue weighted by molar-refractivity contribution is 0.231. The second kappa shape index (κ2) is 7.44. The highest BCUT2D eigenvalue weighted by molar-refractivity contribution is 5.74. The van der Waals surface area contributed by atoms with Crippen molar-refractivity contribution in [1.82, 2.24) is 20.4 Å². The third-order valence-corrected chi connectivity index (χ3v) is 3.09. The van der Waals surface area contributed by atoms with Crippen LogP contribution in [-0.4, -0.2) is 34.1 Å². The number of aliphatic hydroxyl groups is 1. The molecule has 1 aromatic carbocycles. The Labute approximate surface area is 123 Å². The Hall–Kier alpha value is -2.34. The monoisotopic (exact) mass is 288 g/mol. The van der Waals surface area contributed by atoms with E-state index in [-0.39, 0.29) is 25.2 Å². The summed E-state index contributed by atoms with van der Waals surface area (Å²) in [5.41, 5.74) is 2.11. The number of nitrogens with one attached hydrogen (secondary N) is 2. The molecule has 6 heteroatoms. The van der Waals surface area contributed by atoms with Gasteiger partial charge in [-0.25, -0.2) is 4.79 Å². The smallest absolute Gasteiger partial charge is 0.315 e. The van der Waals surface area contributed by atoms with Crippen LogP contribution >= 0.6 is 0 Å². The topological polar surface area (TPSA) is 79.2 Å². The lowest BCUT2D eigenvalue weighted by Gasteiger charge is -2.12. The Morgan fingerprint density at radius 1 is 1.38 bits per heavy atom. The van der Waals surface area contributed by atoms with Gasteiger partial charge in [0, 0.05) is 18.3 Å². The molecule has 21 heavy (non-hydrogen) atoms. The molecule has 1 unspecified atom stereocenters. The van der Waals surface area contributed by atoms with Crippen LogP contribution in [0.5, 0.6) is 0 Å². The number of amides is 2. The molecule has 0 aliphatic carbocycles. The molecule has 0 saturated carbocycles. The molecule has 2 aromatic rings. The standard InChI is InChI=1S/C15H20N4O2/c1-12(18-15(21)16-7-8-20)14-9-17-19(11-14)10-13-5-3-2-4-6-13/h2-6,9,11-12,20H,7-8,10H2,1H3,(H2,16,18,21). The number of urea groups is 1. The van der Waals surface area contributed by atoms with Gasteiger partial charge in [0.1, 0.15) is 0 Å². The van der Waals surface area contributed by atoms with Gasteiger partial charge < -0.3 is 15.7 Å². The van der Waals surface area contributed by atoms with Crippen LogP contribution < -0.4 is 10.6 Å². The van der Waals surface area contributed by atoms with E-state index >= 15 is 0 Å². The predicted octanol–water partition coefficient (Wildman–Crippen LogP) is 1.28. The first-order valence-electron chi connectivity index (χ1n) is 6.90. The van der Waals surface area contributed by atoms with Crippen LogP contribution in [0.4, 0.5) is 4.79 Å². The second-order valence-electron chi connectivity index (χ2n) is 4.80. The van der Waals surface area contributed by atoms with E-state index in [0.717, 1.165) is 5.56 Å². The number of rotatable bonds is 6. The van der Waals surface area contributed by atoms with Crippen LogP contribution in [0.2, 0.25) is 0 Å². The van der Waals surface area contributed by atoms with Gasteiger partial charge in [0.05, 0.1) is 25.4 Å². The minimum atomic E-state index is -0.299. The van der Waals surface area contributed by atoms with Gasteiger partial charge in [0.15, 0.2) is 0 Å². The third kappa shape index (κ3) is 4.61. The van der Waals surface area contributed by atoms with Crippen LogP contribution in [0.3, 0.4) is 0 Å². The Kier molecular flexibility index (Phi) is 5.34. The number of carbonyl (C=O) groups excluding carboxylic acids is 1. The fourth-order valence-electron chi connectivity index (χ4n) is 1.96.